The zero-order chi connectivity index (χ0) is 29.0. The Bertz CT molecular complexity index is 1780. The number of sulfonamides is 1. The van der Waals surface area contributed by atoms with Gasteiger partial charge in [-0.15, -0.1) is 0 Å². The van der Waals surface area contributed by atoms with Crippen molar-refractivity contribution in [2.24, 2.45) is 17.8 Å². The molecule has 4 aromatic rings. The second-order valence-electron chi connectivity index (χ2n) is 11.8. The maximum absolute atomic E-state index is 13.3. The van der Waals surface area contributed by atoms with Crippen LogP contribution in [0.3, 0.4) is 0 Å². The molecule has 1 aliphatic heterocycles. The van der Waals surface area contributed by atoms with Crippen molar-refractivity contribution in [3.05, 3.63) is 118 Å². The lowest BCUT2D eigenvalue weighted by atomic mass is 9.68. The van der Waals surface area contributed by atoms with Gasteiger partial charge in [-0.3, -0.25) is 9.52 Å². The normalized spacial score (nSPS) is 23.9. The van der Waals surface area contributed by atoms with Gasteiger partial charge >= 0.3 is 0 Å². The van der Waals surface area contributed by atoms with Crippen molar-refractivity contribution in [3.63, 3.8) is 0 Å². The van der Waals surface area contributed by atoms with E-state index in [-0.39, 0.29) is 16.8 Å². The molecule has 1 amide bonds. The molecule has 214 valence electrons. The number of carbonyl (C=O) groups is 1. The summed E-state index contributed by atoms with van der Waals surface area (Å²) >= 11 is 6.14. The molecule has 42 heavy (non-hydrogen) atoms. The highest BCUT2D eigenvalue weighted by Gasteiger charge is 2.53. The summed E-state index contributed by atoms with van der Waals surface area (Å²) in [6.45, 7) is 1.85. The van der Waals surface area contributed by atoms with Gasteiger partial charge in [0.25, 0.3) is 15.9 Å². The van der Waals surface area contributed by atoms with Crippen LogP contribution in [0.2, 0.25) is 5.02 Å². The zero-order valence-corrected chi connectivity index (χ0v) is 24.8. The molecule has 3 aliphatic rings. The smallest absolute Gasteiger partial charge is 0.261 e. The molecule has 3 N–H and O–H groups in total. The van der Waals surface area contributed by atoms with Gasteiger partial charge in [-0.1, -0.05) is 48.0 Å². The van der Waals surface area contributed by atoms with E-state index >= 15 is 0 Å². The van der Waals surface area contributed by atoms with Crippen LogP contribution in [0.4, 0.5) is 17.1 Å². The summed E-state index contributed by atoms with van der Waals surface area (Å²) in [5.74, 6) is 2.11. The van der Waals surface area contributed by atoms with Crippen LogP contribution in [-0.4, -0.2) is 14.3 Å². The number of anilines is 3. The average Bonchev–Trinajstić information content (AvgIpc) is 3.62. The minimum absolute atomic E-state index is 0.0901. The molecule has 8 heteroatoms. The lowest BCUT2D eigenvalue weighted by molar-refractivity contribution is 0.102. The second-order valence-corrected chi connectivity index (χ2v) is 13.9. The van der Waals surface area contributed by atoms with Gasteiger partial charge in [-0.2, -0.15) is 0 Å². The molecule has 2 fully saturated rings. The zero-order valence-electron chi connectivity index (χ0n) is 23.2. The monoisotopic (exact) mass is 597 g/mol. The average molecular weight is 598 g/mol. The molecule has 0 aromatic heterocycles. The van der Waals surface area contributed by atoms with Crippen molar-refractivity contribution < 1.29 is 13.2 Å². The molecule has 5 atom stereocenters. The fourth-order valence-corrected chi connectivity index (χ4v) is 8.64. The minimum Gasteiger partial charge on any atom is -0.378 e. The quantitative estimate of drug-likeness (QED) is 0.210. The van der Waals surface area contributed by atoms with Crippen molar-refractivity contribution in [2.75, 3.05) is 15.4 Å². The lowest BCUT2D eigenvalue weighted by Crippen LogP contribution is -2.35. The Hall–Kier alpha value is -3.81. The van der Waals surface area contributed by atoms with Gasteiger partial charge in [0.15, 0.2) is 0 Å². The Morgan fingerprint density at radius 2 is 1.62 bits per heavy atom. The first-order valence-corrected chi connectivity index (χ1v) is 16.3. The van der Waals surface area contributed by atoms with E-state index in [4.69, 9.17) is 11.6 Å². The predicted octanol–water partition coefficient (Wildman–Crippen LogP) is 8.00. The number of carbonyl (C=O) groups excluding carboxylic acids is 1. The SMILES string of the molecule is Cc1ccc(NS(=O)(=O)c2ccc(NC(=O)c3ccc4c(c3)[C@@H]3[C@H]5CC[C@@H](C5)[C@H]3[C@H](c3ccccc3)N4)cc2)cc1Cl. The molecule has 0 unspecified atom stereocenters. The standard InChI is InChI=1S/C34H32ClN3O3S/c1-20-7-11-26(19-29(20)35)38-42(40,41)27-14-12-25(13-15-27)36-34(39)24-10-16-30-28(18-24)31-22-8-9-23(17-22)32(31)33(37-30)21-5-3-2-4-6-21/h2-7,10-16,18-19,22-23,31-33,37-38H,8-9,17H2,1H3,(H,36,39)/t22-,23-,31-,32+,33-/m0/s1. The molecule has 0 spiro atoms. The Balaban J connectivity index is 1.09. The number of halogens is 1. The maximum Gasteiger partial charge on any atom is 0.261 e. The van der Waals surface area contributed by atoms with E-state index in [2.05, 4.69) is 51.8 Å². The lowest BCUT2D eigenvalue weighted by Gasteiger charge is -2.43. The summed E-state index contributed by atoms with van der Waals surface area (Å²) in [6.07, 6.45) is 3.80. The first-order chi connectivity index (χ1) is 20.3. The molecule has 4 aromatic carbocycles. The fourth-order valence-electron chi connectivity index (χ4n) is 7.41. The van der Waals surface area contributed by atoms with Crippen molar-refractivity contribution in [2.45, 2.75) is 43.0 Å². The van der Waals surface area contributed by atoms with Gasteiger partial charge in [-0.05, 0) is 121 Å². The summed E-state index contributed by atoms with van der Waals surface area (Å²) in [5.41, 5.74) is 6.07. The van der Waals surface area contributed by atoms with Gasteiger partial charge < -0.3 is 10.6 Å². The third-order valence-corrected chi connectivity index (χ3v) is 11.2. The molecule has 2 aliphatic carbocycles. The summed E-state index contributed by atoms with van der Waals surface area (Å²) in [4.78, 5) is 13.4. The van der Waals surface area contributed by atoms with E-state index < -0.39 is 10.0 Å². The largest absolute Gasteiger partial charge is 0.378 e. The topological polar surface area (TPSA) is 87.3 Å². The van der Waals surface area contributed by atoms with Gasteiger partial charge in [0.2, 0.25) is 0 Å². The number of amides is 1. The number of nitrogens with one attached hydrogen (secondary N) is 3. The number of aryl methyl sites for hydroxylation is 1. The van der Waals surface area contributed by atoms with Crippen LogP contribution < -0.4 is 15.4 Å². The fraction of sp³-hybridized carbons (Fsp3) is 0.265. The number of rotatable bonds is 6. The molecule has 1 heterocycles. The highest BCUT2D eigenvalue weighted by Crippen LogP contribution is 2.63. The Morgan fingerprint density at radius 1 is 0.881 bits per heavy atom. The third-order valence-electron chi connectivity index (χ3n) is 9.35. The van der Waals surface area contributed by atoms with E-state index in [1.165, 1.54) is 42.5 Å². The molecule has 0 radical (unpaired) electrons. The van der Waals surface area contributed by atoms with Gasteiger partial charge in [0.1, 0.15) is 0 Å². The van der Waals surface area contributed by atoms with Crippen molar-refractivity contribution in [1.29, 1.82) is 0 Å². The Labute approximate surface area is 251 Å². The highest BCUT2D eigenvalue weighted by molar-refractivity contribution is 7.92. The van der Waals surface area contributed by atoms with Crippen molar-refractivity contribution in [1.82, 2.24) is 0 Å². The predicted molar refractivity (Wildman–Crippen MR) is 168 cm³/mol. The van der Waals surface area contributed by atoms with Crippen LogP contribution in [0, 0.1) is 24.7 Å². The van der Waals surface area contributed by atoms with Crippen LogP contribution >= 0.6 is 11.6 Å². The number of fused-ring (bicyclic) bond motifs is 7. The van der Waals surface area contributed by atoms with Crippen LogP contribution in [0.1, 0.15) is 58.3 Å². The van der Waals surface area contributed by atoms with Gasteiger partial charge in [0, 0.05) is 22.0 Å². The van der Waals surface area contributed by atoms with Crippen molar-refractivity contribution in [3.8, 4) is 0 Å². The molecule has 0 saturated heterocycles. The first kappa shape index (κ1) is 27.0. The highest BCUT2D eigenvalue weighted by atomic mass is 35.5. The van der Waals surface area contributed by atoms with Crippen LogP contribution in [0.25, 0.3) is 0 Å². The summed E-state index contributed by atoms with van der Waals surface area (Å²) in [7, 11) is -3.82. The number of hydrogen-bond donors (Lipinski definition) is 3. The van der Waals surface area contributed by atoms with E-state index in [1.807, 2.05) is 19.1 Å². The Morgan fingerprint density at radius 3 is 2.38 bits per heavy atom. The molecule has 2 saturated carbocycles. The third kappa shape index (κ3) is 4.84. The van der Waals surface area contributed by atoms with E-state index in [1.54, 1.807) is 30.3 Å². The maximum atomic E-state index is 13.3. The minimum atomic E-state index is -3.82. The van der Waals surface area contributed by atoms with E-state index in [9.17, 15) is 13.2 Å². The van der Waals surface area contributed by atoms with Gasteiger partial charge in [-0.25, -0.2) is 8.42 Å². The molecular formula is C34H32ClN3O3S. The van der Waals surface area contributed by atoms with Crippen molar-refractivity contribution >= 4 is 44.6 Å². The summed E-state index contributed by atoms with van der Waals surface area (Å²) in [6, 6.07) is 28.2. The van der Waals surface area contributed by atoms with Crippen LogP contribution in [0.15, 0.2) is 95.9 Å². The molecular weight excluding hydrogens is 566 g/mol. The summed E-state index contributed by atoms with van der Waals surface area (Å²) in [5, 5.41) is 7.25. The first-order valence-electron chi connectivity index (χ1n) is 14.4. The van der Waals surface area contributed by atoms with Crippen LogP contribution in [-0.2, 0) is 10.0 Å². The molecule has 6 nitrogen and oxygen atoms in total. The van der Waals surface area contributed by atoms with Gasteiger partial charge in [0.05, 0.1) is 16.6 Å². The van der Waals surface area contributed by atoms with E-state index in [0.29, 0.717) is 45.6 Å². The molecule has 2 bridgehead atoms. The van der Waals surface area contributed by atoms with Crippen LogP contribution in [0.5, 0.6) is 0 Å². The second kappa shape index (κ2) is 10.5. The number of benzene rings is 4. The summed E-state index contributed by atoms with van der Waals surface area (Å²) < 4.78 is 28.4. The number of hydrogen-bond acceptors (Lipinski definition) is 4. The molecule has 7 rings (SSSR count). The van der Waals surface area contributed by atoms with E-state index in [0.717, 1.165) is 11.3 Å². The Kier molecular flexibility index (Phi) is 6.75.